The molecule has 0 radical (unpaired) electrons. The molecule has 9 nitrogen and oxygen atoms in total. The standard InChI is InChI=1S/C20H30N2O7S2/c1-3-4-12-29-18-6-5-16(14-19(18)28-2)20(23)21-8-10-22(11-9-21)31(26,27)17-7-13-30(24,25)15-17/h5-6,14,17H,3-4,7-13,15H2,1-2H3. The molecule has 0 bridgehead atoms. The van der Waals surface area contributed by atoms with Crippen LogP contribution in [0.25, 0.3) is 0 Å². The van der Waals surface area contributed by atoms with Gasteiger partial charge in [0.15, 0.2) is 21.3 Å². The van der Waals surface area contributed by atoms with Gasteiger partial charge in [0.05, 0.1) is 30.5 Å². The Balaban J connectivity index is 1.62. The Hall–Kier alpha value is -1.85. The topological polar surface area (TPSA) is 110 Å². The number of hydrogen-bond donors (Lipinski definition) is 0. The number of sulfonamides is 1. The van der Waals surface area contributed by atoms with Crippen LogP contribution in [0.2, 0.25) is 0 Å². The van der Waals surface area contributed by atoms with Gasteiger partial charge >= 0.3 is 0 Å². The molecule has 31 heavy (non-hydrogen) atoms. The van der Waals surface area contributed by atoms with Crippen LogP contribution in [0.3, 0.4) is 0 Å². The van der Waals surface area contributed by atoms with E-state index in [4.69, 9.17) is 9.47 Å². The van der Waals surface area contributed by atoms with Crippen LogP contribution in [-0.2, 0) is 19.9 Å². The zero-order valence-electron chi connectivity index (χ0n) is 17.9. The number of sulfone groups is 1. The van der Waals surface area contributed by atoms with E-state index < -0.39 is 25.1 Å². The SMILES string of the molecule is CCCCOc1ccc(C(=O)N2CCN(S(=O)(=O)C3CCS(=O)(=O)C3)CC2)cc1OC. The van der Waals surface area contributed by atoms with E-state index in [1.165, 1.54) is 11.4 Å². The number of rotatable bonds is 8. The average molecular weight is 475 g/mol. The van der Waals surface area contributed by atoms with Crippen LogP contribution in [0, 0.1) is 0 Å². The number of benzene rings is 1. The minimum Gasteiger partial charge on any atom is -0.493 e. The first-order chi connectivity index (χ1) is 14.7. The van der Waals surface area contributed by atoms with Crippen molar-refractivity contribution < 1.29 is 31.1 Å². The molecule has 0 spiro atoms. The lowest BCUT2D eigenvalue weighted by molar-refractivity contribution is 0.0697. The van der Waals surface area contributed by atoms with E-state index in [0.717, 1.165) is 12.8 Å². The first-order valence-corrected chi connectivity index (χ1v) is 13.8. The lowest BCUT2D eigenvalue weighted by Crippen LogP contribution is -2.52. The van der Waals surface area contributed by atoms with Gasteiger partial charge in [-0.1, -0.05) is 13.3 Å². The van der Waals surface area contributed by atoms with Crippen molar-refractivity contribution in [1.29, 1.82) is 0 Å². The maximum absolute atomic E-state index is 12.9. The quantitative estimate of drug-likeness (QED) is 0.520. The predicted octanol–water partition coefficient (Wildman–Crippen LogP) is 1.15. The summed E-state index contributed by atoms with van der Waals surface area (Å²) in [5.41, 5.74) is 0.442. The van der Waals surface area contributed by atoms with E-state index in [1.807, 2.05) is 0 Å². The summed E-state index contributed by atoms with van der Waals surface area (Å²) in [6.07, 6.45) is 2.07. The Morgan fingerprint density at radius 1 is 1.16 bits per heavy atom. The molecule has 2 aliphatic heterocycles. The van der Waals surface area contributed by atoms with E-state index in [0.29, 0.717) is 23.7 Å². The molecule has 0 aliphatic carbocycles. The van der Waals surface area contributed by atoms with Gasteiger partial charge in [0.2, 0.25) is 10.0 Å². The minimum absolute atomic E-state index is 0.0880. The van der Waals surface area contributed by atoms with Gasteiger partial charge in [0.1, 0.15) is 0 Å². The number of hydrogen-bond acceptors (Lipinski definition) is 7. The van der Waals surface area contributed by atoms with Crippen molar-refractivity contribution in [2.75, 3.05) is 51.4 Å². The summed E-state index contributed by atoms with van der Waals surface area (Å²) < 4.78 is 61.3. The van der Waals surface area contributed by atoms with Crippen molar-refractivity contribution in [3.63, 3.8) is 0 Å². The summed E-state index contributed by atoms with van der Waals surface area (Å²) in [7, 11) is -5.47. The average Bonchev–Trinajstić information content (AvgIpc) is 3.14. The Labute approximate surface area is 184 Å². The normalized spacial score (nSPS) is 21.7. The van der Waals surface area contributed by atoms with Gasteiger partial charge in [-0.2, -0.15) is 4.31 Å². The second-order valence-electron chi connectivity index (χ2n) is 7.83. The maximum atomic E-state index is 12.9. The van der Waals surface area contributed by atoms with Gasteiger partial charge in [-0.05, 0) is 31.0 Å². The molecule has 2 fully saturated rings. The number of methoxy groups -OCH3 is 1. The van der Waals surface area contributed by atoms with E-state index in [2.05, 4.69) is 6.92 Å². The van der Waals surface area contributed by atoms with Crippen molar-refractivity contribution in [2.24, 2.45) is 0 Å². The number of unbranched alkanes of at least 4 members (excludes halogenated alkanes) is 1. The molecular weight excluding hydrogens is 444 g/mol. The molecule has 2 saturated heterocycles. The van der Waals surface area contributed by atoms with Crippen LogP contribution in [-0.4, -0.2) is 88.6 Å². The molecule has 1 amide bonds. The largest absolute Gasteiger partial charge is 0.493 e. The van der Waals surface area contributed by atoms with E-state index >= 15 is 0 Å². The maximum Gasteiger partial charge on any atom is 0.254 e. The lowest BCUT2D eigenvalue weighted by atomic mass is 10.1. The van der Waals surface area contributed by atoms with Crippen LogP contribution >= 0.6 is 0 Å². The van der Waals surface area contributed by atoms with Crippen LogP contribution in [0.4, 0.5) is 0 Å². The molecule has 1 atom stereocenters. The summed E-state index contributed by atoms with van der Waals surface area (Å²) in [4.78, 5) is 14.5. The van der Waals surface area contributed by atoms with E-state index in [9.17, 15) is 21.6 Å². The van der Waals surface area contributed by atoms with Crippen molar-refractivity contribution in [3.8, 4) is 11.5 Å². The van der Waals surface area contributed by atoms with Crippen molar-refractivity contribution in [3.05, 3.63) is 23.8 Å². The third kappa shape index (κ3) is 5.50. The first-order valence-electron chi connectivity index (χ1n) is 10.5. The zero-order chi connectivity index (χ0) is 22.6. The molecule has 2 heterocycles. The smallest absolute Gasteiger partial charge is 0.254 e. The number of nitrogens with zero attached hydrogens (tertiary/aromatic N) is 2. The van der Waals surface area contributed by atoms with Gasteiger partial charge in [0.25, 0.3) is 5.91 Å². The molecule has 1 aromatic rings. The summed E-state index contributed by atoms with van der Waals surface area (Å²) in [6.45, 7) is 3.44. The molecule has 0 aromatic heterocycles. The second-order valence-corrected chi connectivity index (χ2v) is 12.3. The Morgan fingerprint density at radius 2 is 1.87 bits per heavy atom. The van der Waals surface area contributed by atoms with Gasteiger partial charge in [0, 0.05) is 31.7 Å². The van der Waals surface area contributed by atoms with Crippen LogP contribution in [0.1, 0.15) is 36.5 Å². The van der Waals surface area contributed by atoms with Crippen LogP contribution in [0.5, 0.6) is 11.5 Å². The van der Waals surface area contributed by atoms with E-state index in [1.54, 1.807) is 23.1 Å². The molecular formula is C20H30N2O7S2. The Morgan fingerprint density at radius 3 is 2.45 bits per heavy atom. The fourth-order valence-electron chi connectivity index (χ4n) is 3.78. The molecule has 3 rings (SSSR count). The number of piperazine rings is 1. The highest BCUT2D eigenvalue weighted by Gasteiger charge is 2.41. The summed E-state index contributed by atoms with van der Waals surface area (Å²) in [5, 5.41) is -0.885. The summed E-state index contributed by atoms with van der Waals surface area (Å²) >= 11 is 0. The van der Waals surface area contributed by atoms with Gasteiger partial charge in [-0.15, -0.1) is 0 Å². The number of carbonyl (C=O) groups is 1. The molecule has 0 saturated carbocycles. The second kappa shape index (κ2) is 9.74. The highest BCUT2D eigenvalue weighted by molar-refractivity contribution is 7.95. The van der Waals surface area contributed by atoms with Gasteiger partial charge < -0.3 is 14.4 Å². The highest BCUT2D eigenvalue weighted by atomic mass is 32.2. The van der Waals surface area contributed by atoms with Crippen LogP contribution in [0.15, 0.2) is 18.2 Å². The third-order valence-corrected chi connectivity index (χ3v) is 9.97. The predicted molar refractivity (Wildman–Crippen MR) is 117 cm³/mol. The minimum atomic E-state index is -3.69. The molecule has 2 aliphatic rings. The lowest BCUT2D eigenvalue weighted by Gasteiger charge is -2.35. The monoisotopic (exact) mass is 474 g/mol. The molecule has 1 aromatic carbocycles. The zero-order valence-corrected chi connectivity index (χ0v) is 19.6. The molecule has 0 N–H and O–H groups in total. The fourth-order valence-corrected chi connectivity index (χ4v) is 8.29. The third-order valence-electron chi connectivity index (χ3n) is 5.66. The van der Waals surface area contributed by atoms with Gasteiger partial charge in [-0.3, -0.25) is 4.79 Å². The molecule has 174 valence electrons. The fraction of sp³-hybridized carbons (Fsp3) is 0.650. The van der Waals surface area contributed by atoms with Crippen molar-refractivity contribution >= 4 is 25.8 Å². The number of carbonyl (C=O) groups excluding carboxylic acids is 1. The Kier molecular flexibility index (Phi) is 7.48. The van der Waals surface area contributed by atoms with Crippen molar-refractivity contribution in [1.82, 2.24) is 9.21 Å². The highest BCUT2D eigenvalue weighted by Crippen LogP contribution is 2.29. The van der Waals surface area contributed by atoms with Crippen LogP contribution < -0.4 is 9.47 Å². The van der Waals surface area contributed by atoms with Gasteiger partial charge in [-0.25, -0.2) is 16.8 Å². The Bertz CT molecular complexity index is 1000. The number of ether oxygens (including phenoxy) is 2. The summed E-state index contributed by atoms with van der Waals surface area (Å²) in [5.74, 6) is 0.440. The summed E-state index contributed by atoms with van der Waals surface area (Å²) in [6, 6.07) is 5.03. The van der Waals surface area contributed by atoms with Crippen molar-refractivity contribution in [2.45, 2.75) is 31.4 Å². The molecule has 11 heteroatoms. The first kappa shape index (κ1) is 23.8. The number of amides is 1. The molecule has 1 unspecified atom stereocenters. The van der Waals surface area contributed by atoms with E-state index in [-0.39, 0.29) is 50.0 Å².